The molecule has 1 aromatic carbocycles. The molecule has 1 N–H and O–H groups in total. The highest BCUT2D eigenvalue weighted by Crippen LogP contribution is 2.38. The maximum atomic E-state index is 11.8. The molecule has 4 aromatic rings. The van der Waals surface area contributed by atoms with Gasteiger partial charge in [-0.2, -0.15) is 5.10 Å². The van der Waals surface area contributed by atoms with Gasteiger partial charge in [-0.15, -0.1) is 0 Å². The third-order valence-corrected chi connectivity index (χ3v) is 6.83. The molecule has 0 bridgehead atoms. The second-order valence-electron chi connectivity index (χ2n) is 9.29. The molecular formula is C26H31N5O. The van der Waals surface area contributed by atoms with Crippen LogP contribution in [0.4, 0.5) is 0 Å². The molecule has 0 unspecified atom stereocenters. The van der Waals surface area contributed by atoms with E-state index in [4.69, 9.17) is 0 Å². The fraction of sp³-hybridized carbons (Fsp3) is 0.423. The number of carbonyl (C=O) groups is 1. The van der Waals surface area contributed by atoms with Crippen molar-refractivity contribution in [1.82, 2.24) is 24.5 Å². The van der Waals surface area contributed by atoms with Crippen LogP contribution in [0.15, 0.2) is 42.9 Å². The van der Waals surface area contributed by atoms with Gasteiger partial charge in [-0.1, -0.05) is 26.8 Å². The van der Waals surface area contributed by atoms with E-state index in [2.05, 4.69) is 52.0 Å². The minimum absolute atomic E-state index is 0.342. The molecule has 5 rings (SSSR count). The highest BCUT2D eigenvalue weighted by Gasteiger charge is 2.23. The fourth-order valence-electron chi connectivity index (χ4n) is 5.04. The van der Waals surface area contributed by atoms with Crippen molar-refractivity contribution in [2.24, 2.45) is 0 Å². The minimum atomic E-state index is 0.342. The molecule has 6 nitrogen and oxygen atoms in total. The molecule has 1 aliphatic rings. The van der Waals surface area contributed by atoms with E-state index in [0.29, 0.717) is 30.6 Å². The highest BCUT2D eigenvalue weighted by molar-refractivity contribution is 5.92. The van der Waals surface area contributed by atoms with Crippen LogP contribution in [0.2, 0.25) is 0 Å². The third-order valence-electron chi connectivity index (χ3n) is 6.83. The second kappa shape index (κ2) is 8.51. The van der Waals surface area contributed by atoms with Crippen LogP contribution in [-0.4, -0.2) is 49.9 Å². The topological polar surface area (TPSA) is 66.3 Å². The second-order valence-corrected chi connectivity index (χ2v) is 9.29. The van der Waals surface area contributed by atoms with Gasteiger partial charge < -0.3 is 4.98 Å². The average Bonchev–Trinajstić information content (AvgIpc) is 3.42. The van der Waals surface area contributed by atoms with E-state index in [0.717, 1.165) is 42.8 Å². The molecule has 1 aliphatic heterocycles. The average molecular weight is 430 g/mol. The Bertz CT molecular complexity index is 1260. The Hall–Kier alpha value is -2.99. The summed E-state index contributed by atoms with van der Waals surface area (Å²) in [7, 11) is 0. The van der Waals surface area contributed by atoms with E-state index in [-0.39, 0.29) is 0 Å². The van der Waals surface area contributed by atoms with Crippen molar-refractivity contribution in [1.29, 1.82) is 0 Å². The van der Waals surface area contributed by atoms with Crippen LogP contribution >= 0.6 is 0 Å². The lowest BCUT2D eigenvalue weighted by Gasteiger charge is -2.31. The number of aromatic nitrogens is 4. The number of benzene rings is 1. The maximum Gasteiger partial charge on any atom is 0.154 e. The molecule has 0 atom stereocenters. The summed E-state index contributed by atoms with van der Waals surface area (Å²) in [4.78, 5) is 22.3. The van der Waals surface area contributed by atoms with Crippen molar-refractivity contribution < 1.29 is 4.79 Å². The van der Waals surface area contributed by atoms with E-state index >= 15 is 0 Å². The largest absolute Gasteiger partial charge is 0.354 e. The number of aromatic amines is 1. The van der Waals surface area contributed by atoms with Gasteiger partial charge in [0, 0.05) is 41.3 Å². The number of ketones is 1. The van der Waals surface area contributed by atoms with Crippen molar-refractivity contribution in [3.05, 3.63) is 54.0 Å². The van der Waals surface area contributed by atoms with Crippen LogP contribution in [0.3, 0.4) is 0 Å². The van der Waals surface area contributed by atoms with Gasteiger partial charge in [0.2, 0.25) is 0 Å². The first-order chi connectivity index (χ1) is 15.5. The predicted molar refractivity (Wildman–Crippen MR) is 128 cm³/mol. The van der Waals surface area contributed by atoms with Crippen LogP contribution in [0.5, 0.6) is 0 Å². The first kappa shape index (κ1) is 20.9. The summed E-state index contributed by atoms with van der Waals surface area (Å²) < 4.78 is 1.83. The van der Waals surface area contributed by atoms with E-state index in [1.54, 1.807) is 6.20 Å². The smallest absolute Gasteiger partial charge is 0.154 e. The first-order valence-electron chi connectivity index (χ1n) is 11.7. The van der Waals surface area contributed by atoms with Gasteiger partial charge in [0.05, 0.1) is 18.4 Å². The third kappa shape index (κ3) is 3.84. The monoisotopic (exact) mass is 429 g/mol. The summed E-state index contributed by atoms with van der Waals surface area (Å²) in [6, 6.07) is 8.81. The normalized spacial score (nSPS) is 15.9. The molecule has 6 heteroatoms. The minimum Gasteiger partial charge on any atom is -0.354 e. The number of hydrogen-bond acceptors (Lipinski definition) is 4. The number of nitrogens with one attached hydrogen (secondary N) is 1. The summed E-state index contributed by atoms with van der Waals surface area (Å²) in [5.74, 6) is 1.27. The maximum absolute atomic E-state index is 11.8. The summed E-state index contributed by atoms with van der Waals surface area (Å²) in [5, 5.41) is 5.66. The number of piperidine rings is 1. The fourth-order valence-corrected chi connectivity index (χ4v) is 5.04. The zero-order chi connectivity index (χ0) is 22.2. The number of H-pyrrole nitrogens is 1. The Kier molecular flexibility index (Phi) is 5.55. The van der Waals surface area contributed by atoms with Gasteiger partial charge in [0.25, 0.3) is 0 Å². The quantitative estimate of drug-likeness (QED) is 0.460. The summed E-state index contributed by atoms with van der Waals surface area (Å²) in [6.45, 7) is 9.06. The van der Waals surface area contributed by atoms with Crippen molar-refractivity contribution in [2.45, 2.75) is 51.9 Å². The van der Waals surface area contributed by atoms with E-state index < -0.39 is 0 Å². The van der Waals surface area contributed by atoms with E-state index in [1.807, 2.05) is 29.9 Å². The van der Waals surface area contributed by atoms with Crippen LogP contribution in [0, 0.1) is 0 Å². The summed E-state index contributed by atoms with van der Waals surface area (Å²) >= 11 is 0. The Balaban J connectivity index is 1.46. The lowest BCUT2D eigenvalue weighted by Crippen LogP contribution is -2.36. The zero-order valence-electron chi connectivity index (χ0n) is 19.1. The first-order valence-corrected chi connectivity index (χ1v) is 11.7. The van der Waals surface area contributed by atoms with Crippen LogP contribution < -0.4 is 0 Å². The Labute approximate surface area is 188 Å². The van der Waals surface area contributed by atoms with E-state index in [1.165, 1.54) is 22.0 Å². The van der Waals surface area contributed by atoms with Gasteiger partial charge in [-0.3, -0.25) is 9.69 Å². The van der Waals surface area contributed by atoms with Crippen molar-refractivity contribution in [3.8, 4) is 11.3 Å². The molecule has 32 heavy (non-hydrogen) atoms. The number of Topliss-reactive ketones (excluding diaryl/α,β-unsaturated/α-hetero) is 1. The molecule has 0 radical (unpaired) electrons. The molecule has 0 aliphatic carbocycles. The highest BCUT2D eigenvalue weighted by atomic mass is 16.1. The van der Waals surface area contributed by atoms with E-state index in [9.17, 15) is 4.79 Å². The zero-order valence-corrected chi connectivity index (χ0v) is 19.1. The molecule has 166 valence electrons. The number of likely N-dealkylation sites (tertiary alicyclic amines) is 1. The van der Waals surface area contributed by atoms with Gasteiger partial charge in [0.15, 0.2) is 5.65 Å². The molecule has 3 aromatic heterocycles. The standard InChI is InChI=1S/C26H31N5O/c1-4-21(32)16-30-11-8-18(9-12-30)19-5-6-23-22(13-19)25(17(2)3)26(29-23)20-14-27-24-7-10-28-31(24)15-20/h5-7,10,13-15,17-18,29H,4,8-9,11-12,16H2,1-3H3. The van der Waals surface area contributed by atoms with Crippen molar-refractivity contribution in [2.75, 3.05) is 19.6 Å². The van der Waals surface area contributed by atoms with Crippen molar-refractivity contribution >= 4 is 22.3 Å². The molecule has 0 spiro atoms. The molecule has 1 fully saturated rings. The molecule has 0 amide bonds. The van der Waals surface area contributed by atoms with Crippen LogP contribution in [-0.2, 0) is 4.79 Å². The summed E-state index contributed by atoms with van der Waals surface area (Å²) in [6.07, 6.45) is 8.60. The molecule has 4 heterocycles. The molecule has 0 saturated carbocycles. The Morgan fingerprint density at radius 2 is 2.03 bits per heavy atom. The van der Waals surface area contributed by atoms with Gasteiger partial charge in [-0.05, 0) is 61.0 Å². The lowest BCUT2D eigenvalue weighted by molar-refractivity contribution is -0.120. The molecule has 1 saturated heterocycles. The Morgan fingerprint density at radius 1 is 1.22 bits per heavy atom. The van der Waals surface area contributed by atoms with Gasteiger partial charge >= 0.3 is 0 Å². The number of nitrogens with zero attached hydrogens (tertiary/aromatic N) is 4. The van der Waals surface area contributed by atoms with Crippen LogP contribution in [0.1, 0.15) is 63.0 Å². The Morgan fingerprint density at radius 3 is 2.78 bits per heavy atom. The van der Waals surface area contributed by atoms with Gasteiger partial charge in [0.1, 0.15) is 5.78 Å². The number of carbonyl (C=O) groups excluding carboxylic acids is 1. The molecular weight excluding hydrogens is 398 g/mol. The number of fused-ring (bicyclic) bond motifs is 2. The van der Waals surface area contributed by atoms with Crippen molar-refractivity contribution in [3.63, 3.8) is 0 Å². The number of hydrogen-bond donors (Lipinski definition) is 1. The van der Waals surface area contributed by atoms with Gasteiger partial charge in [-0.25, -0.2) is 9.50 Å². The SMILES string of the molecule is CCC(=O)CN1CCC(c2ccc3[nH]c(-c4cnc5ccnn5c4)c(C(C)C)c3c2)CC1. The predicted octanol–water partition coefficient (Wildman–Crippen LogP) is 5.16. The lowest BCUT2D eigenvalue weighted by atomic mass is 9.87. The number of rotatable bonds is 6. The van der Waals surface area contributed by atoms with Crippen LogP contribution in [0.25, 0.3) is 27.8 Å². The summed E-state index contributed by atoms with van der Waals surface area (Å²) in [5.41, 5.74) is 6.94.